The van der Waals surface area contributed by atoms with Gasteiger partial charge in [0.25, 0.3) is 0 Å². The summed E-state index contributed by atoms with van der Waals surface area (Å²) in [5.41, 5.74) is 3.90. The van der Waals surface area contributed by atoms with Crippen molar-refractivity contribution in [1.82, 2.24) is 4.40 Å². The van der Waals surface area contributed by atoms with Gasteiger partial charge in [0, 0.05) is 26.9 Å². The molecule has 0 amide bonds. The Morgan fingerprint density at radius 3 is 2.06 bits per heavy atom. The molecule has 31 heavy (non-hydrogen) atoms. The Labute approximate surface area is 177 Å². The van der Waals surface area contributed by atoms with Crippen LogP contribution in [0.3, 0.4) is 0 Å². The zero-order valence-corrected chi connectivity index (χ0v) is 16.9. The first-order valence-corrected chi connectivity index (χ1v) is 10.7. The minimum Gasteiger partial charge on any atom is -0.496 e. The molecule has 0 N–H and O–H groups in total. The van der Waals surface area contributed by atoms with Gasteiger partial charge in [-0.3, -0.25) is 0 Å². The highest BCUT2D eigenvalue weighted by Gasteiger charge is 2.23. The van der Waals surface area contributed by atoms with Crippen LogP contribution in [0.15, 0.2) is 84.9 Å². The van der Waals surface area contributed by atoms with Gasteiger partial charge in [0.1, 0.15) is 5.75 Å². The largest absolute Gasteiger partial charge is 0.496 e. The summed E-state index contributed by atoms with van der Waals surface area (Å²) in [4.78, 5) is 0. The first kappa shape index (κ1) is 15.8. The highest BCUT2D eigenvalue weighted by atomic mass is 16.5. The number of benzene rings is 6. The molecule has 8 rings (SSSR count). The number of fused-ring (bicyclic) bond motifs is 9. The van der Waals surface area contributed by atoms with Gasteiger partial charge in [-0.05, 0) is 45.1 Å². The van der Waals surface area contributed by atoms with Crippen molar-refractivity contribution in [3.8, 4) is 5.75 Å². The average molecular weight is 395 g/mol. The Hall–Kier alpha value is -4.04. The van der Waals surface area contributed by atoms with Gasteiger partial charge in [0.2, 0.25) is 0 Å². The minimum absolute atomic E-state index is 0.930. The molecule has 2 nitrogen and oxygen atoms in total. The highest BCUT2D eigenvalue weighted by molar-refractivity contribution is 6.41. The van der Waals surface area contributed by atoms with Crippen molar-refractivity contribution in [3.05, 3.63) is 84.9 Å². The lowest BCUT2D eigenvalue weighted by molar-refractivity contribution is 0.420. The zero-order chi connectivity index (χ0) is 20.3. The molecule has 2 heteroatoms. The van der Waals surface area contributed by atoms with Gasteiger partial charge in [-0.25, -0.2) is 0 Å². The Morgan fingerprint density at radius 2 is 1.19 bits per heavy atom. The van der Waals surface area contributed by atoms with Gasteiger partial charge in [0.05, 0.1) is 23.7 Å². The lowest BCUT2D eigenvalue weighted by atomic mass is 9.90. The van der Waals surface area contributed by atoms with Crippen LogP contribution in [0.1, 0.15) is 0 Å². The highest BCUT2D eigenvalue weighted by Crippen LogP contribution is 2.49. The maximum absolute atomic E-state index is 5.83. The van der Waals surface area contributed by atoms with Crippen LogP contribution >= 0.6 is 0 Å². The standard InChI is InChI=1S/C29H17NO/c1-31-25-15-22-19-10-6-12-24-27(19)28-21(26(22)18-9-3-2-8-17(18)25)14-13-20-16-7-4-5-11-23(16)30(24)29(20)28/h2-15H,1H3. The van der Waals surface area contributed by atoms with Crippen molar-refractivity contribution in [2.24, 2.45) is 0 Å². The smallest absolute Gasteiger partial charge is 0.127 e. The molecule has 8 aromatic rings. The molecule has 0 unspecified atom stereocenters. The van der Waals surface area contributed by atoms with E-state index in [1.807, 2.05) is 0 Å². The van der Waals surface area contributed by atoms with Crippen LogP contribution in [-0.2, 0) is 0 Å². The summed E-state index contributed by atoms with van der Waals surface area (Å²) < 4.78 is 8.29. The molecule has 0 atom stereocenters. The molecule has 0 fully saturated rings. The van der Waals surface area contributed by atoms with Crippen molar-refractivity contribution in [2.45, 2.75) is 0 Å². The number of methoxy groups -OCH3 is 1. The monoisotopic (exact) mass is 395 g/mol. The second kappa shape index (κ2) is 5.16. The van der Waals surface area contributed by atoms with E-state index < -0.39 is 0 Å². The fourth-order valence-electron chi connectivity index (χ4n) is 6.00. The summed E-state index contributed by atoms with van der Waals surface area (Å²) in [6, 6.07) is 31.0. The number of ether oxygens (including phenoxy) is 1. The van der Waals surface area contributed by atoms with Gasteiger partial charge < -0.3 is 9.14 Å². The number of hydrogen-bond donors (Lipinski definition) is 0. The zero-order valence-electron chi connectivity index (χ0n) is 16.9. The van der Waals surface area contributed by atoms with Crippen molar-refractivity contribution in [3.63, 3.8) is 0 Å². The van der Waals surface area contributed by atoms with Crippen molar-refractivity contribution in [1.29, 1.82) is 0 Å². The first-order valence-electron chi connectivity index (χ1n) is 10.7. The van der Waals surface area contributed by atoms with Gasteiger partial charge in [0.15, 0.2) is 0 Å². The Kier molecular flexibility index (Phi) is 2.62. The van der Waals surface area contributed by atoms with Crippen LogP contribution in [0.5, 0.6) is 5.75 Å². The summed E-state index contributed by atoms with van der Waals surface area (Å²) in [6.45, 7) is 0. The Bertz CT molecular complexity index is 1980. The summed E-state index contributed by atoms with van der Waals surface area (Å²) in [5, 5.41) is 13.0. The number of aromatic nitrogens is 1. The predicted octanol–water partition coefficient (Wildman–Crippen LogP) is 7.74. The molecule has 2 heterocycles. The summed E-state index contributed by atoms with van der Waals surface area (Å²) >= 11 is 0. The van der Waals surface area contributed by atoms with E-state index in [1.165, 1.54) is 65.0 Å². The number of hydrogen-bond acceptors (Lipinski definition) is 1. The lowest BCUT2D eigenvalue weighted by Gasteiger charge is -2.14. The maximum atomic E-state index is 5.83. The van der Waals surface area contributed by atoms with E-state index in [0.29, 0.717) is 0 Å². The van der Waals surface area contributed by atoms with Crippen molar-refractivity contribution in [2.75, 3.05) is 7.11 Å². The second-order valence-electron chi connectivity index (χ2n) is 8.48. The molecule has 6 aromatic carbocycles. The Balaban J connectivity index is 1.82. The van der Waals surface area contributed by atoms with E-state index in [4.69, 9.17) is 4.74 Å². The third kappa shape index (κ3) is 1.65. The van der Waals surface area contributed by atoms with Crippen LogP contribution in [0, 0.1) is 0 Å². The summed E-state index contributed by atoms with van der Waals surface area (Å²) in [5.74, 6) is 0.930. The summed E-state index contributed by atoms with van der Waals surface area (Å²) in [7, 11) is 1.77. The molecule has 0 aliphatic heterocycles. The third-order valence-electron chi connectivity index (χ3n) is 7.16. The van der Waals surface area contributed by atoms with Crippen LogP contribution < -0.4 is 4.74 Å². The summed E-state index contributed by atoms with van der Waals surface area (Å²) in [6.07, 6.45) is 0. The van der Waals surface area contributed by atoms with Crippen LogP contribution in [-0.4, -0.2) is 11.5 Å². The van der Waals surface area contributed by atoms with E-state index in [-0.39, 0.29) is 0 Å². The molecule has 0 aliphatic carbocycles. The molecule has 2 aromatic heterocycles. The van der Waals surface area contributed by atoms with E-state index >= 15 is 0 Å². The topological polar surface area (TPSA) is 13.6 Å². The fraction of sp³-hybridized carbons (Fsp3) is 0.0345. The SMILES string of the molecule is COc1cc2c3cccc4c3c3c(ccc5c6ccccc6n4c53)c2c2ccccc12. The van der Waals surface area contributed by atoms with E-state index in [0.717, 1.165) is 11.1 Å². The van der Waals surface area contributed by atoms with E-state index in [1.54, 1.807) is 7.11 Å². The molecule has 0 saturated heterocycles. The van der Waals surface area contributed by atoms with E-state index in [2.05, 4.69) is 89.3 Å². The molecule has 0 spiro atoms. The molecular weight excluding hydrogens is 378 g/mol. The molecule has 0 aliphatic rings. The maximum Gasteiger partial charge on any atom is 0.127 e. The number of nitrogens with zero attached hydrogens (tertiary/aromatic N) is 1. The van der Waals surface area contributed by atoms with Gasteiger partial charge in [-0.15, -0.1) is 0 Å². The molecule has 0 radical (unpaired) electrons. The Morgan fingerprint density at radius 1 is 0.516 bits per heavy atom. The van der Waals surface area contributed by atoms with Gasteiger partial charge in [-0.1, -0.05) is 66.7 Å². The number of para-hydroxylation sites is 1. The lowest BCUT2D eigenvalue weighted by Crippen LogP contribution is -1.89. The number of rotatable bonds is 1. The predicted molar refractivity (Wildman–Crippen MR) is 131 cm³/mol. The van der Waals surface area contributed by atoms with Crippen molar-refractivity contribution < 1.29 is 4.74 Å². The molecular formula is C29H17NO. The van der Waals surface area contributed by atoms with E-state index in [9.17, 15) is 0 Å². The average Bonchev–Trinajstić information content (AvgIpc) is 3.35. The van der Waals surface area contributed by atoms with Crippen LogP contribution in [0.25, 0.3) is 70.4 Å². The van der Waals surface area contributed by atoms with Crippen LogP contribution in [0.4, 0.5) is 0 Å². The van der Waals surface area contributed by atoms with Gasteiger partial charge >= 0.3 is 0 Å². The van der Waals surface area contributed by atoms with Crippen molar-refractivity contribution >= 4 is 70.4 Å². The van der Waals surface area contributed by atoms with Crippen LogP contribution in [0.2, 0.25) is 0 Å². The molecule has 144 valence electrons. The first-order chi connectivity index (χ1) is 15.4. The molecule has 0 bridgehead atoms. The molecule has 0 saturated carbocycles. The fourth-order valence-corrected chi connectivity index (χ4v) is 6.00. The normalized spacial score (nSPS) is 12.7. The van der Waals surface area contributed by atoms with Gasteiger partial charge in [-0.2, -0.15) is 0 Å². The minimum atomic E-state index is 0.930. The second-order valence-corrected chi connectivity index (χ2v) is 8.48. The third-order valence-corrected chi connectivity index (χ3v) is 7.16. The quantitative estimate of drug-likeness (QED) is 0.259.